The summed E-state index contributed by atoms with van der Waals surface area (Å²) in [7, 11) is 0. The Balaban J connectivity index is 1.37. The molecule has 0 spiro atoms. The van der Waals surface area contributed by atoms with Crippen LogP contribution in [0.2, 0.25) is 0 Å². The molecule has 0 bridgehead atoms. The molecule has 28 heavy (non-hydrogen) atoms. The van der Waals surface area contributed by atoms with E-state index in [0.717, 1.165) is 22.4 Å². The zero-order valence-corrected chi connectivity index (χ0v) is 15.7. The van der Waals surface area contributed by atoms with Crippen LogP contribution in [0.1, 0.15) is 22.8 Å². The number of carbonyl (C=O) groups is 1. The van der Waals surface area contributed by atoms with E-state index in [0.29, 0.717) is 19.7 Å². The molecule has 1 unspecified atom stereocenters. The zero-order chi connectivity index (χ0) is 19.2. The van der Waals surface area contributed by atoms with E-state index in [1.807, 2.05) is 89.8 Å². The van der Waals surface area contributed by atoms with E-state index in [9.17, 15) is 4.79 Å². The molecular weight excluding hydrogens is 350 g/mol. The SMILES string of the molecule is O=C1COC(c2ccc(OCc3ccccc3)cc2)CN1Cc1ccccc1. The Bertz CT molecular complexity index is 894. The van der Waals surface area contributed by atoms with E-state index in [-0.39, 0.29) is 18.6 Å². The minimum Gasteiger partial charge on any atom is -0.489 e. The molecule has 4 heteroatoms. The predicted molar refractivity (Wildman–Crippen MR) is 108 cm³/mol. The minimum absolute atomic E-state index is 0.0305. The number of ether oxygens (including phenoxy) is 2. The van der Waals surface area contributed by atoms with Crippen molar-refractivity contribution in [2.24, 2.45) is 0 Å². The van der Waals surface area contributed by atoms with Gasteiger partial charge in [0.05, 0.1) is 6.54 Å². The van der Waals surface area contributed by atoms with Gasteiger partial charge in [-0.3, -0.25) is 4.79 Å². The molecule has 1 aliphatic rings. The summed E-state index contributed by atoms with van der Waals surface area (Å²) in [5.41, 5.74) is 3.32. The predicted octanol–water partition coefficient (Wildman–Crippen LogP) is 4.37. The molecular formula is C24H23NO3. The van der Waals surface area contributed by atoms with Gasteiger partial charge < -0.3 is 14.4 Å². The van der Waals surface area contributed by atoms with Gasteiger partial charge in [0.25, 0.3) is 0 Å². The number of morpholine rings is 1. The third-order valence-corrected chi connectivity index (χ3v) is 4.86. The maximum absolute atomic E-state index is 12.2. The average Bonchev–Trinajstić information content (AvgIpc) is 2.76. The van der Waals surface area contributed by atoms with Crippen LogP contribution in [0.15, 0.2) is 84.9 Å². The first-order chi connectivity index (χ1) is 13.8. The molecule has 1 fully saturated rings. The largest absolute Gasteiger partial charge is 0.489 e. The van der Waals surface area contributed by atoms with E-state index in [4.69, 9.17) is 9.47 Å². The lowest BCUT2D eigenvalue weighted by atomic mass is 10.1. The van der Waals surface area contributed by atoms with E-state index >= 15 is 0 Å². The number of amides is 1. The first kappa shape index (κ1) is 18.3. The molecule has 0 aliphatic carbocycles. The van der Waals surface area contributed by atoms with Gasteiger partial charge in [0.15, 0.2) is 0 Å². The van der Waals surface area contributed by atoms with Gasteiger partial charge >= 0.3 is 0 Å². The third-order valence-electron chi connectivity index (χ3n) is 4.86. The molecule has 1 amide bonds. The highest BCUT2D eigenvalue weighted by Crippen LogP contribution is 2.26. The molecule has 0 radical (unpaired) electrons. The summed E-state index contributed by atoms with van der Waals surface area (Å²) in [5.74, 6) is 0.851. The number of benzene rings is 3. The first-order valence-electron chi connectivity index (χ1n) is 9.48. The number of carbonyl (C=O) groups excluding carboxylic acids is 1. The van der Waals surface area contributed by atoms with Crippen molar-refractivity contribution < 1.29 is 14.3 Å². The van der Waals surface area contributed by atoms with Gasteiger partial charge in [-0.2, -0.15) is 0 Å². The van der Waals surface area contributed by atoms with Crippen LogP contribution in [-0.2, 0) is 22.7 Å². The second kappa shape index (κ2) is 8.72. The summed E-state index contributed by atoms with van der Waals surface area (Å²) in [6, 6.07) is 28.1. The van der Waals surface area contributed by atoms with Gasteiger partial charge in [0, 0.05) is 6.54 Å². The van der Waals surface area contributed by atoms with Crippen LogP contribution >= 0.6 is 0 Å². The van der Waals surface area contributed by atoms with Crippen molar-refractivity contribution in [1.82, 2.24) is 4.90 Å². The summed E-state index contributed by atoms with van der Waals surface area (Å²) in [6.45, 7) is 1.82. The Morgan fingerprint density at radius 1 is 0.857 bits per heavy atom. The van der Waals surface area contributed by atoms with Gasteiger partial charge in [-0.05, 0) is 28.8 Å². The number of nitrogens with zero attached hydrogens (tertiary/aromatic N) is 1. The van der Waals surface area contributed by atoms with Crippen molar-refractivity contribution in [3.8, 4) is 5.75 Å². The summed E-state index contributed by atoms with van der Waals surface area (Å²) < 4.78 is 11.6. The highest BCUT2D eigenvalue weighted by Gasteiger charge is 2.27. The molecule has 0 saturated carbocycles. The Labute approximate surface area is 165 Å². The van der Waals surface area contributed by atoms with E-state index in [2.05, 4.69) is 0 Å². The fourth-order valence-corrected chi connectivity index (χ4v) is 3.30. The molecule has 1 aliphatic heterocycles. The van der Waals surface area contributed by atoms with Gasteiger partial charge in [-0.25, -0.2) is 0 Å². The lowest BCUT2D eigenvalue weighted by molar-refractivity contribution is -0.150. The molecule has 0 aromatic heterocycles. The molecule has 4 nitrogen and oxygen atoms in total. The highest BCUT2D eigenvalue weighted by molar-refractivity contribution is 5.78. The molecule has 3 aromatic rings. The molecule has 1 atom stereocenters. The molecule has 0 N–H and O–H groups in total. The number of rotatable bonds is 6. The van der Waals surface area contributed by atoms with Crippen LogP contribution in [0.25, 0.3) is 0 Å². The molecule has 142 valence electrons. The van der Waals surface area contributed by atoms with Crippen molar-refractivity contribution in [2.45, 2.75) is 19.3 Å². The average molecular weight is 373 g/mol. The third kappa shape index (κ3) is 4.59. The monoisotopic (exact) mass is 373 g/mol. The van der Waals surface area contributed by atoms with Crippen molar-refractivity contribution in [3.05, 3.63) is 102 Å². The topological polar surface area (TPSA) is 38.8 Å². The van der Waals surface area contributed by atoms with Crippen molar-refractivity contribution >= 4 is 5.91 Å². The Morgan fingerprint density at radius 3 is 2.18 bits per heavy atom. The van der Waals surface area contributed by atoms with Gasteiger partial charge in [0.2, 0.25) is 5.91 Å². The van der Waals surface area contributed by atoms with Crippen LogP contribution in [0.3, 0.4) is 0 Å². The molecule has 1 heterocycles. The fraction of sp³-hybridized carbons (Fsp3) is 0.208. The number of hydrogen-bond donors (Lipinski definition) is 0. The highest BCUT2D eigenvalue weighted by atomic mass is 16.5. The van der Waals surface area contributed by atoms with Crippen molar-refractivity contribution in [3.63, 3.8) is 0 Å². The lowest BCUT2D eigenvalue weighted by Crippen LogP contribution is -2.42. The summed E-state index contributed by atoms with van der Waals surface area (Å²) in [4.78, 5) is 14.1. The van der Waals surface area contributed by atoms with Gasteiger partial charge in [-0.1, -0.05) is 72.8 Å². The second-order valence-corrected chi connectivity index (χ2v) is 6.90. The van der Waals surface area contributed by atoms with Crippen LogP contribution in [0, 0.1) is 0 Å². The minimum atomic E-state index is -0.121. The first-order valence-corrected chi connectivity index (χ1v) is 9.48. The summed E-state index contributed by atoms with van der Waals surface area (Å²) in [6.07, 6.45) is -0.121. The zero-order valence-electron chi connectivity index (χ0n) is 15.7. The van der Waals surface area contributed by atoms with E-state index in [1.165, 1.54) is 0 Å². The molecule has 4 rings (SSSR count). The van der Waals surface area contributed by atoms with E-state index < -0.39 is 0 Å². The molecule has 3 aromatic carbocycles. The Morgan fingerprint density at radius 2 is 1.50 bits per heavy atom. The smallest absolute Gasteiger partial charge is 0.249 e. The van der Waals surface area contributed by atoms with Crippen LogP contribution in [-0.4, -0.2) is 24.0 Å². The standard InChI is InChI=1S/C24H23NO3/c26-24-18-28-23(16-25(24)15-19-7-3-1-4-8-19)21-11-13-22(14-12-21)27-17-20-9-5-2-6-10-20/h1-14,23H,15-18H2. The van der Waals surface area contributed by atoms with E-state index in [1.54, 1.807) is 0 Å². The lowest BCUT2D eigenvalue weighted by Gasteiger charge is -2.33. The van der Waals surface area contributed by atoms with Crippen molar-refractivity contribution in [2.75, 3.05) is 13.2 Å². The Kier molecular flexibility index (Phi) is 5.69. The second-order valence-electron chi connectivity index (χ2n) is 6.90. The summed E-state index contributed by atoms with van der Waals surface area (Å²) in [5, 5.41) is 0. The van der Waals surface area contributed by atoms with Crippen LogP contribution in [0.4, 0.5) is 0 Å². The Hall–Kier alpha value is -3.11. The molecule has 1 saturated heterocycles. The van der Waals surface area contributed by atoms with Gasteiger partial charge in [0.1, 0.15) is 25.1 Å². The normalized spacial score (nSPS) is 16.8. The van der Waals surface area contributed by atoms with Crippen molar-refractivity contribution in [1.29, 1.82) is 0 Å². The number of hydrogen-bond acceptors (Lipinski definition) is 3. The van der Waals surface area contributed by atoms with Gasteiger partial charge in [-0.15, -0.1) is 0 Å². The fourth-order valence-electron chi connectivity index (χ4n) is 3.30. The van der Waals surface area contributed by atoms with Crippen LogP contribution < -0.4 is 4.74 Å². The summed E-state index contributed by atoms with van der Waals surface area (Å²) >= 11 is 0. The van der Waals surface area contributed by atoms with Crippen LogP contribution in [0.5, 0.6) is 5.75 Å². The quantitative estimate of drug-likeness (QED) is 0.644. The maximum atomic E-state index is 12.2. The maximum Gasteiger partial charge on any atom is 0.249 e.